The Labute approximate surface area is 157 Å². The fourth-order valence-corrected chi connectivity index (χ4v) is 2.53. The van der Waals surface area contributed by atoms with E-state index in [4.69, 9.17) is 0 Å². The summed E-state index contributed by atoms with van der Waals surface area (Å²) < 4.78 is 2.00. The van der Waals surface area contributed by atoms with Crippen molar-refractivity contribution >= 4 is 10.4 Å². The summed E-state index contributed by atoms with van der Waals surface area (Å²) in [6.07, 6.45) is 16.8. The van der Waals surface area contributed by atoms with Gasteiger partial charge in [-0.25, -0.2) is 12.2 Å². The van der Waals surface area contributed by atoms with Crippen LogP contribution in [0.25, 0.3) is 6.08 Å². The SMILES string of the molecule is C1=CC([CH-]c2ccccc2)c2ccccc21.C[CH]=[Ti+2].[C-]1=CC=CC1. The van der Waals surface area contributed by atoms with Crippen LogP contribution in [0.3, 0.4) is 0 Å². The van der Waals surface area contributed by atoms with Crippen LogP contribution in [0.4, 0.5) is 0 Å². The van der Waals surface area contributed by atoms with E-state index >= 15 is 0 Å². The third kappa shape index (κ3) is 5.96. The molecular weight excluding hydrogens is 324 g/mol. The Morgan fingerprint density at radius 3 is 2.42 bits per heavy atom. The molecule has 0 nitrogen and oxygen atoms in total. The molecule has 1 heteroatoms. The first-order chi connectivity index (χ1) is 11.8. The van der Waals surface area contributed by atoms with Crippen LogP contribution in [0.15, 0.2) is 78.9 Å². The minimum atomic E-state index is 0.429. The second kappa shape index (κ2) is 10.8. The van der Waals surface area contributed by atoms with Crippen LogP contribution in [-0.4, -0.2) is 4.31 Å². The Kier molecular flexibility index (Phi) is 8.31. The van der Waals surface area contributed by atoms with E-state index in [-0.39, 0.29) is 0 Å². The fourth-order valence-electron chi connectivity index (χ4n) is 2.53. The van der Waals surface area contributed by atoms with Crippen LogP contribution in [0.5, 0.6) is 0 Å². The van der Waals surface area contributed by atoms with Crippen molar-refractivity contribution in [2.75, 3.05) is 0 Å². The molecular formula is C23H22Ti. The molecule has 0 radical (unpaired) electrons. The topological polar surface area (TPSA) is 0 Å². The zero-order chi connectivity index (χ0) is 17.0. The first kappa shape index (κ1) is 18.5. The predicted molar refractivity (Wildman–Crippen MR) is 101 cm³/mol. The maximum atomic E-state index is 2.99. The van der Waals surface area contributed by atoms with Crippen LogP contribution >= 0.6 is 0 Å². The molecule has 4 rings (SSSR count). The first-order valence-electron chi connectivity index (χ1n) is 8.19. The van der Waals surface area contributed by atoms with Gasteiger partial charge in [-0.05, 0) is 17.0 Å². The summed E-state index contributed by atoms with van der Waals surface area (Å²) in [5.74, 6) is 0.429. The normalized spacial score (nSPS) is 15.7. The second-order valence-corrected chi connectivity index (χ2v) is 6.28. The molecule has 2 aromatic rings. The van der Waals surface area contributed by atoms with Gasteiger partial charge in [0.2, 0.25) is 0 Å². The van der Waals surface area contributed by atoms with Gasteiger partial charge >= 0.3 is 31.2 Å². The van der Waals surface area contributed by atoms with E-state index in [0.717, 1.165) is 6.42 Å². The summed E-state index contributed by atoms with van der Waals surface area (Å²) in [5, 5.41) is 0. The van der Waals surface area contributed by atoms with Crippen LogP contribution in [0.2, 0.25) is 0 Å². The van der Waals surface area contributed by atoms with Gasteiger partial charge in [-0.3, -0.25) is 6.08 Å². The molecule has 0 aromatic heterocycles. The van der Waals surface area contributed by atoms with E-state index in [1.54, 1.807) is 0 Å². The maximum Gasteiger partial charge on any atom is -0.109 e. The van der Waals surface area contributed by atoms with Gasteiger partial charge in [0.25, 0.3) is 0 Å². The van der Waals surface area contributed by atoms with E-state index in [1.165, 1.54) is 16.7 Å². The minimum absolute atomic E-state index is 0.429. The van der Waals surface area contributed by atoms with Gasteiger partial charge in [0.15, 0.2) is 0 Å². The average Bonchev–Trinajstić information content (AvgIpc) is 3.31. The Bertz CT molecular complexity index is 698. The monoisotopic (exact) mass is 346 g/mol. The Morgan fingerprint density at radius 2 is 1.79 bits per heavy atom. The van der Waals surface area contributed by atoms with Gasteiger partial charge in [0.1, 0.15) is 0 Å². The molecule has 0 fully saturated rings. The second-order valence-electron chi connectivity index (χ2n) is 5.38. The van der Waals surface area contributed by atoms with E-state index < -0.39 is 0 Å². The number of hydrogen-bond acceptors (Lipinski definition) is 0. The van der Waals surface area contributed by atoms with Crippen LogP contribution < -0.4 is 0 Å². The summed E-state index contributed by atoms with van der Waals surface area (Å²) in [6, 6.07) is 19.1. The van der Waals surface area contributed by atoms with Gasteiger partial charge in [0.05, 0.1) is 0 Å². The van der Waals surface area contributed by atoms with E-state index in [9.17, 15) is 0 Å². The standard InChI is InChI=1S/C16H13.C5H5.C2H4.Ti/c1-2-6-13(7-3-1)12-15-11-10-14-8-4-5-9-16(14)15;1-2-4-5-3-1;1-2;/h1-12,15H;1-3H,4H2;1H,2H3;/q2*-1;;+2. The van der Waals surface area contributed by atoms with Gasteiger partial charge < -0.3 is 0 Å². The predicted octanol–water partition coefficient (Wildman–Crippen LogP) is 5.71. The van der Waals surface area contributed by atoms with Crippen molar-refractivity contribution in [3.8, 4) is 0 Å². The smallest absolute Gasteiger partial charge is 0.109 e. The molecule has 0 N–H and O–H groups in total. The molecule has 0 aliphatic heterocycles. The molecule has 1 atom stereocenters. The van der Waals surface area contributed by atoms with Crippen LogP contribution in [-0.2, 0) is 20.0 Å². The van der Waals surface area contributed by atoms with Crippen molar-refractivity contribution in [2.45, 2.75) is 19.3 Å². The maximum absolute atomic E-state index is 2.99. The van der Waals surface area contributed by atoms with E-state index in [1.807, 2.05) is 43.4 Å². The summed E-state index contributed by atoms with van der Waals surface area (Å²) in [6.45, 7) is 2.00. The molecule has 0 amide bonds. The number of allylic oxidation sites excluding steroid dienone is 5. The first-order valence-corrected chi connectivity index (χ1v) is 9.09. The molecule has 2 aliphatic carbocycles. The summed E-state index contributed by atoms with van der Waals surface area (Å²) in [7, 11) is 0. The van der Waals surface area contributed by atoms with Gasteiger partial charge in [0, 0.05) is 0 Å². The quantitative estimate of drug-likeness (QED) is 0.483. The molecule has 1 unspecified atom stereocenters. The zero-order valence-electron chi connectivity index (χ0n) is 14.0. The van der Waals surface area contributed by atoms with E-state index in [0.29, 0.717) is 5.92 Å². The third-order valence-corrected chi connectivity index (χ3v) is 3.60. The number of fused-ring (bicyclic) bond motifs is 1. The van der Waals surface area contributed by atoms with Gasteiger partial charge in [-0.1, -0.05) is 42.5 Å². The minimum Gasteiger partial charge on any atom is -0.273 e. The van der Waals surface area contributed by atoms with Crippen molar-refractivity contribution in [1.29, 1.82) is 0 Å². The van der Waals surface area contributed by atoms with Crippen molar-refractivity contribution in [3.63, 3.8) is 0 Å². The fraction of sp³-hybridized carbons (Fsp3) is 0.130. The summed E-state index contributed by atoms with van der Waals surface area (Å²) >= 11 is 2.00. The molecule has 24 heavy (non-hydrogen) atoms. The van der Waals surface area contributed by atoms with Crippen molar-refractivity contribution in [1.82, 2.24) is 0 Å². The van der Waals surface area contributed by atoms with E-state index in [2.05, 4.69) is 85.3 Å². The molecule has 2 aromatic carbocycles. The summed E-state index contributed by atoms with van der Waals surface area (Å²) in [4.78, 5) is 0. The molecule has 0 saturated carbocycles. The molecule has 0 saturated heterocycles. The Hall–Kier alpha value is -1.89. The number of benzene rings is 2. The summed E-state index contributed by atoms with van der Waals surface area (Å²) in [5.41, 5.74) is 4.04. The number of hydrogen-bond donors (Lipinski definition) is 0. The number of rotatable bonds is 2. The Balaban J connectivity index is 0.000000217. The van der Waals surface area contributed by atoms with Crippen LogP contribution in [0, 0.1) is 12.5 Å². The van der Waals surface area contributed by atoms with Crippen LogP contribution in [0.1, 0.15) is 36.0 Å². The largest absolute Gasteiger partial charge is 0.273 e. The van der Waals surface area contributed by atoms with Gasteiger partial charge in [-0.15, -0.1) is 18.6 Å². The Morgan fingerprint density at radius 1 is 1.08 bits per heavy atom. The van der Waals surface area contributed by atoms with Crippen molar-refractivity contribution in [3.05, 3.63) is 108 Å². The molecule has 2 aliphatic rings. The van der Waals surface area contributed by atoms with Crippen molar-refractivity contribution < 1.29 is 20.0 Å². The molecule has 0 bridgehead atoms. The average molecular weight is 346 g/mol. The zero-order valence-corrected chi connectivity index (χ0v) is 15.6. The third-order valence-electron chi connectivity index (χ3n) is 3.60. The van der Waals surface area contributed by atoms with Gasteiger partial charge in [-0.2, -0.15) is 30.2 Å². The van der Waals surface area contributed by atoms with Crippen molar-refractivity contribution in [2.24, 2.45) is 0 Å². The molecule has 118 valence electrons. The molecule has 0 spiro atoms. The molecule has 0 heterocycles.